The van der Waals surface area contributed by atoms with E-state index in [1.165, 1.54) is 10.4 Å². The van der Waals surface area contributed by atoms with E-state index in [2.05, 4.69) is 12.2 Å². The molecule has 0 aromatic heterocycles. The van der Waals surface area contributed by atoms with Gasteiger partial charge < -0.3 is 5.32 Å². The third-order valence-electron chi connectivity index (χ3n) is 5.37. The van der Waals surface area contributed by atoms with Crippen LogP contribution in [0.15, 0.2) is 47.4 Å². The van der Waals surface area contributed by atoms with E-state index in [1.54, 1.807) is 18.2 Å². The first-order valence-electron chi connectivity index (χ1n) is 9.72. The second-order valence-corrected chi connectivity index (χ2v) is 9.65. The van der Waals surface area contributed by atoms with Crippen LogP contribution in [0, 0.1) is 19.8 Å². The van der Waals surface area contributed by atoms with E-state index in [0.29, 0.717) is 24.6 Å². The molecule has 0 aliphatic carbocycles. The molecule has 0 unspecified atom stereocenters. The molecule has 1 aliphatic rings. The van der Waals surface area contributed by atoms with E-state index in [0.717, 1.165) is 29.7 Å². The SMILES string of the molecule is Cc1ccc(C)c(NCC(=O)c2cccc(S(=O)(=O)N3CCC(C)CC3)c2)c1. The van der Waals surface area contributed by atoms with Gasteiger partial charge in [-0.3, -0.25) is 4.79 Å². The van der Waals surface area contributed by atoms with Gasteiger partial charge in [-0.1, -0.05) is 31.2 Å². The van der Waals surface area contributed by atoms with Gasteiger partial charge in [-0.2, -0.15) is 4.31 Å². The van der Waals surface area contributed by atoms with Crippen molar-refractivity contribution < 1.29 is 13.2 Å². The lowest BCUT2D eigenvalue weighted by Crippen LogP contribution is -2.37. The Morgan fingerprint density at radius 3 is 2.54 bits per heavy atom. The van der Waals surface area contributed by atoms with Crippen molar-refractivity contribution in [3.05, 3.63) is 59.2 Å². The predicted molar refractivity (Wildman–Crippen MR) is 112 cm³/mol. The Bertz CT molecular complexity index is 961. The zero-order valence-corrected chi connectivity index (χ0v) is 17.6. The van der Waals surface area contributed by atoms with Crippen LogP contribution in [0.5, 0.6) is 0 Å². The van der Waals surface area contributed by atoms with Gasteiger partial charge in [-0.15, -0.1) is 0 Å². The molecular formula is C22H28N2O3S. The molecule has 28 heavy (non-hydrogen) atoms. The first-order valence-corrected chi connectivity index (χ1v) is 11.2. The predicted octanol–water partition coefficient (Wildman–Crippen LogP) is 4.02. The minimum Gasteiger partial charge on any atom is -0.377 e. The number of hydrogen-bond acceptors (Lipinski definition) is 4. The summed E-state index contributed by atoms with van der Waals surface area (Å²) in [6.45, 7) is 7.33. The van der Waals surface area contributed by atoms with E-state index in [1.807, 2.05) is 32.0 Å². The molecular weight excluding hydrogens is 372 g/mol. The summed E-state index contributed by atoms with van der Waals surface area (Å²) in [5, 5.41) is 3.17. The van der Waals surface area contributed by atoms with Crippen LogP contribution >= 0.6 is 0 Å². The lowest BCUT2D eigenvalue weighted by Gasteiger charge is -2.29. The standard InChI is InChI=1S/C22H28N2O3S/c1-16-9-11-24(12-10-16)28(26,27)20-6-4-5-19(14-20)22(25)15-23-21-13-17(2)7-8-18(21)3/h4-8,13-14,16,23H,9-12,15H2,1-3H3. The van der Waals surface area contributed by atoms with E-state index in [4.69, 9.17) is 0 Å². The van der Waals surface area contributed by atoms with Crippen molar-refractivity contribution in [2.75, 3.05) is 25.0 Å². The van der Waals surface area contributed by atoms with Crippen LogP contribution in [0.2, 0.25) is 0 Å². The van der Waals surface area contributed by atoms with Crippen LogP contribution < -0.4 is 5.32 Å². The Labute approximate surface area is 167 Å². The maximum absolute atomic E-state index is 12.9. The fourth-order valence-electron chi connectivity index (χ4n) is 3.41. The minimum absolute atomic E-state index is 0.120. The third kappa shape index (κ3) is 4.62. The smallest absolute Gasteiger partial charge is 0.243 e. The number of Topliss-reactive ketones (excluding diaryl/α,β-unsaturated/α-hetero) is 1. The van der Waals surface area contributed by atoms with Gasteiger partial charge in [0.1, 0.15) is 0 Å². The minimum atomic E-state index is -3.56. The first-order chi connectivity index (χ1) is 13.3. The van der Waals surface area contributed by atoms with Gasteiger partial charge in [-0.05, 0) is 61.9 Å². The average molecular weight is 401 g/mol. The van der Waals surface area contributed by atoms with Crippen LogP contribution in [0.3, 0.4) is 0 Å². The van der Waals surface area contributed by atoms with Gasteiger partial charge in [0.15, 0.2) is 5.78 Å². The van der Waals surface area contributed by atoms with Crippen LogP contribution in [-0.2, 0) is 10.0 Å². The largest absolute Gasteiger partial charge is 0.377 e. The quantitative estimate of drug-likeness (QED) is 0.744. The topological polar surface area (TPSA) is 66.5 Å². The highest BCUT2D eigenvalue weighted by Crippen LogP contribution is 2.24. The molecule has 1 N–H and O–H groups in total. The fraction of sp³-hybridized carbons (Fsp3) is 0.409. The number of hydrogen-bond donors (Lipinski definition) is 1. The maximum Gasteiger partial charge on any atom is 0.243 e. The molecule has 150 valence electrons. The van der Waals surface area contributed by atoms with Gasteiger partial charge in [0, 0.05) is 24.3 Å². The van der Waals surface area contributed by atoms with Crippen molar-refractivity contribution in [1.29, 1.82) is 0 Å². The number of carbonyl (C=O) groups excluding carboxylic acids is 1. The molecule has 1 saturated heterocycles. The number of nitrogens with zero attached hydrogens (tertiary/aromatic N) is 1. The van der Waals surface area contributed by atoms with Crippen molar-refractivity contribution >= 4 is 21.5 Å². The number of sulfonamides is 1. The molecule has 1 heterocycles. The molecule has 0 bridgehead atoms. The highest BCUT2D eigenvalue weighted by atomic mass is 32.2. The van der Waals surface area contributed by atoms with Crippen LogP contribution in [0.1, 0.15) is 41.3 Å². The zero-order chi connectivity index (χ0) is 20.3. The first kappa shape index (κ1) is 20.6. The molecule has 0 spiro atoms. The molecule has 3 rings (SSSR count). The normalized spacial score (nSPS) is 16.1. The molecule has 2 aromatic rings. The lowest BCUT2D eigenvalue weighted by atomic mass is 10.0. The number of ketones is 1. The highest BCUT2D eigenvalue weighted by molar-refractivity contribution is 7.89. The van der Waals surface area contributed by atoms with Crippen molar-refractivity contribution in [2.45, 2.75) is 38.5 Å². The molecule has 0 atom stereocenters. The molecule has 0 amide bonds. The summed E-state index contributed by atoms with van der Waals surface area (Å²) in [6.07, 6.45) is 1.75. The van der Waals surface area contributed by atoms with Gasteiger partial charge in [-0.25, -0.2) is 8.42 Å². The number of piperidine rings is 1. The Morgan fingerprint density at radius 1 is 1.11 bits per heavy atom. The summed E-state index contributed by atoms with van der Waals surface area (Å²) in [4.78, 5) is 12.8. The number of aryl methyl sites for hydroxylation is 2. The highest BCUT2D eigenvalue weighted by Gasteiger charge is 2.28. The molecule has 5 nitrogen and oxygen atoms in total. The van der Waals surface area contributed by atoms with Crippen LogP contribution in [0.25, 0.3) is 0 Å². The average Bonchev–Trinajstić information content (AvgIpc) is 2.69. The van der Waals surface area contributed by atoms with E-state index >= 15 is 0 Å². The number of carbonyl (C=O) groups is 1. The fourth-order valence-corrected chi connectivity index (χ4v) is 4.92. The monoisotopic (exact) mass is 400 g/mol. The van der Waals surface area contributed by atoms with Gasteiger partial charge in [0.25, 0.3) is 0 Å². The second-order valence-electron chi connectivity index (χ2n) is 7.71. The van der Waals surface area contributed by atoms with E-state index in [-0.39, 0.29) is 17.2 Å². The summed E-state index contributed by atoms with van der Waals surface area (Å²) >= 11 is 0. The molecule has 0 saturated carbocycles. The maximum atomic E-state index is 12.9. The molecule has 1 fully saturated rings. The van der Waals surface area contributed by atoms with E-state index < -0.39 is 10.0 Å². The third-order valence-corrected chi connectivity index (χ3v) is 7.26. The molecule has 2 aromatic carbocycles. The van der Waals surface area contributed by atoms with Gasteiger partial charge >= 0.3 is 0 Å². The Kier molecular flexibility index (Phi) is 6.20. The van der Waals surface area contributed by atoms with E-state index in [9.17, 15) is 13.2 Å². The Hall–Kier alpha value is -2.18. The zero-order valence-electron chi connectivity index (χ0n) is 16.7. The molecule has 1 aliphatic heterocycles. The Balaban J connectivity index is 1.73. The van der Waals surface area contributed by atoms with Gasteiger partial charge in [0.2, 0.25) is 10.0 Å². The summed E-state index contributed by atoms with van der Waals surface area (Å²) < 4.78 is 27.4. The summed E-state index contributed by atoms with van der Waals surface area (Å²) in [7, 11) is -3.56. The van der Waals surface area contributed by atoms with Gasteiger partial charge in [0.05, 0.1) is 11.4 Å². The molecule has 6 heteroatoms. The number of benzene rings is 2. The summed E-state index contributed by atoms with van der Waals surface area (Å²) in [6, 6.07) is 12.4. The number of rotatable bonds is 6. The van der Waals surface area contributed by atoms with Crippen molar-refractivity contribution in [3.8, 4) is 0 Å². The van der Waals surface area contributed by atoms with Crippen LogP contribution in [-0.4, -0.2) is 38.1 Å². The van der Waals surface area contributed by atoms with Crippen molar-refractivity contribution in [1.82, 2.24) is 4.31 Å². The second kappa shape index (κ2) is 8.45. The van der Waals surface area contributed by atoms with Crippen molar-refractivity contribution in [2.24, 2.45) is 5.92 Å². The Morgan fingerprint density at radius 2 is 1.82 bits per heavy atom. The van der Waals surface area contributed by atoms with Crippen molar-refractivity contribution in [3.63, 3.8) is 0 Å². The number of nitrogens with one attached hydrogen (secondary N) is 1. The summed E-state index contributed by atoms with van der Waals surface area (Å²) in [5.74, 6) is 0.417. The summed E-state index contributed by atoms with van der Waals surface area (Å²) in [5.41, 5.74) is 3.50. The molecule has 0 radical (unpaired) electrons. The van der Waals surface area contributed by atoms with Crippen LogP contribution in [0.4, 0.5) is 5.69 Å². The lowest BCUT2D eigenvalue weighted by molar-refractivity contribution is 0.101. The number of anilines is 1.